The highest BCUT2D eigenvalue weighted by Crippen LogP contribution is 2.34. The van der Waals surface area contributed by atoms with Crippen LogP contribution in [0.5, 0.6) is 5.75 Å². The van der Waals surface area contributed by atoms with Gasteiger partial charge in [-0.05, 0) is 38.1 Å². The highest BCUT2D eigenvalue weighted by molar-refractivity contribution is 8.01. The van der Waals surface area contributed by atoms with E-state index in [1.54, 1.807) is 4.90 Å². The molecule has 0 spiro atoms. The van der Waals surface area contributed by atoms with Gasteiger partial charge >= 0.3 is 0 Å². The predicted molar refractivity (Wildman–Crippen MR) is 128 cm³/mol. The average molecular weight is 470 g/mol. The fraction of sp³-hybridized carbons (Fsp3) is 0.273. The monoisotopic (exact) mass is 469 g/mol. The largest absolute Gasteiger partial charge is 0.492 e. The number of hydrogen-bond acceptors (Lipinski definition) is 8. The van der Waals surface area contributed by atoms with E-state index in [-0.39, 0.29) is 30.0 Å². The molecule has 1 atom stereocenters. The molecule has 3 aromatic rings. The van der Waals surface area contributed by atoms with Crippen molar-refractivity contribution in [2.45, 2.75) is 30.6 Å². The maximum Gasteiger partial charge on any atom is 0.237 e. The molecule has 2 heterocycles. The van der Waals surface area contributed by atoms with Crippen molar-refractivity contribution in [2.75, 3.05) is 27.9 Å². The molecule has 2 N–H and O–H groups in total. The van der Waals surface area contributed by atoms with Crippen LogP contribution in [0.1, 0.15) is 20.3 Å². The molecule has 1 aliphatic rings. The van der Waals surface area contributed by atoms with E-state index in [0.717, 1.165) is 11.4 Å². The molecule has 0 saturated heterocycles. The van der Waals surface area contributed by atoms with Gasteiger partial charge in [0.25, 0.3) is 0 Å². The van der Waals surface area contributed by atoms with Crippen molar-refractivity contribution in [3.8, 4) is 5.75 Å². The smallest absolute Gasteiger partial charge is 0.237 e. The Hall–Kier alpha value is -3.11. The summed E-state index contributed by atoms with van der Waals surface area (Å²) in [4.78, 5) is 26.9. The van der Waals surface area contributed by atoms with Crippen molar-refractivity contribution in [1.29, 1.82) is 0 Å². The third kappa shape index (κ3) is 5.03. The number of para-hydroxylation sites is 4. The maximum absolute atomic E-state index is 13.1. The summed E-state index contributed by atoms with van der Waals surface area (Å²) in [5, 5.41) is 15.1. The lowest BCUT2D eigenvalue weighted by Crippen LogP contribution is -2.40. The normalized spacial score (nSPS) is 15.5. The molecule has 166 valence electrons. The van der Waals surface area contributed by atoms with Crippen molar-refractivity contribution in [1.82, 2.24) is 10.2 Å². The van der Waals surface area contributed by atoms with Gasteiger partial charge in [-0.25, -0.2) is 0 Å². The molecule has 10 heteroatoms. The van der Waals surface area contributed by atoms with Crippen LogP contribution < -0.4 is 20.3 Å². The molecule has 2 aromatic carbocycles. The first-order valence-corrected chi connectivity index (χ1v) is 12.0. The van der Waals surface area contributed by atoms with E-state index in [2.05, 4.69) is 20.8 Å². The second-order valence-corrected chi connectivity index (χ2v) is 9.30. The van der Waals surface area contributed by atoms with Gasteiger partial charge in [0.05, 0.1) is 29.4 Å². The number of carbonyl (C=O) groups is 2. The highest BCUT2D eigenvalue weighted by Gasteiger charge is 2.29. The summed E-state index contributed by atoms with van der Waals surface area (Å²) in [6.45, 7) is 4.38. The number of carbonyl (C=O) groups excluding carboxylic acids is 2. The Morgan fingerprint density at radius 2 is 2.03 bits per heavy atom. The van der Waals surface area contributed by atoms with E-state index >= 15 is 0 Å². The van der Waals surface area contributed by atoms with E-state index in [4.69, 9.17) is 4.74 Å². The van der Waals surface area contributed by atoms with Crippen LogP contribution in [0, 0.1) is 0 Å². The van der Waals surface area contributed by atoms with Gasteiger partial charge in [0, 0.05) is 12.5 Å². The Labute approximate surface area is 194 Å². The number of amides is 2. The SMILES string of the molecule is CCOc1ccccc1Nc1nnc(SCC(=O)N2c3ccccc3NC(=O)C[C@H]2C)s1. The van der Waals surface area contributed by atoms with Crippen LogP contribution in [-0.2, 0) is 9.59 Å². The number of ether oxygens (including phenoxy) is 1. The first kappa shape index (κ1) is 22.1. The lowest BCUT2D eigenvalue weighted by molar-refractivity contribution is -0.117. The van der Waals surface area contributed by atoms with Crippen molar-refractivity contribution in [2.24, 2.45) is 0 Å². The number of rotatable bonds is 7. The Kier molecular flexibility index (Phi) is 6.91. The second kappa shape index (κ2) is 10.0. The minimum absolute atomic E-state index is 0.0853. The molecule has 32 heavy (non-hydrogen) atoms. The number of benzene rings is 2. The molecular weight excluding hydrogens is 446 g/mol. The molecule has 0 radical (unpaired) electrons. The molecule has 0 fully saturated rings. The lowest BCUT2D eigenvalue weighted by Gasteiger charge is -2.27. The van der Waals surface area contributed by atoms with Crippen molar-refractivity contribution in [3.63, 3.8) is 0 Å². The fourth-order valence-electron chi connectivity index (χ4n) is 3.45. The van der Waals surface area contributed by atoms with Crippen molar-refractivity contribution < 1.29 is 14.3 Å². The zero-order valence-corrected chi connectivity index (χ0v) is 19.3. The summed E-state index contributed by atoms with van der Waals surface area (Å²) >= 11 is 2.70. The summed E-state index contributed by atoms with van der Waals surface area (Å²) in [6, 6.07) is 14.7. The molecule has 2 amide bonds. The van der Waals surface area contributed by atoms with Crippen LogP contribution in [0.25, 0.3) is 0 Å². The summed E-state index contributed by atoms with van der Waals surface area (Å²) < 4.78 is 6.31. The first-order valence-electron chi connectivity index (χ1n) is 10.2. The standard InChI is InChI=1S/C22H23N5O3S2/c1-3-30-18-11-7-5-9-16(18)24-21-25-26-22(32-21)31-13-20(29)27-14(2)12-19(28)23-15-8-4-6-10-17(15)27/h4-11,14H,3,12-13H2,1-2H3,(H,23,28)(H,24,25)/t14-/m1/s1. The summed E-state index contributed by atoms with van der Waals surface area (Å²) in [5.74, 6) is 0.751. The van der Waals surface area contributed by atoms with Gasteiger partial charge < -0.3 is 20.3 Å². The average Bonchev–Trinajstić information content (AvgIpc) is 3.17. The van der Waals surface area contributed by atoms with Crippen molar-refractivity contribution in [3.05, 3.63) is 48.5 Å². The van der Waals surface area contributed by atoms with Crippen LogP contribution >= 0.6 is 23.1 Å². The molecule has 0 bridgehead atoms. The van der Waals surface area contributed by atoms with Crippen LogP contribution in [0.4, 0.5) is 22.2 Å². The Morgan fingerprint density at radius 1 is 1.25 bits per heavy atom. The third-order valence-electron chi connectivity index (χ3n) is 4.78. The van der Waals surface area contributed by atoms with E-state index < -0.39 is 0 Å². The van der Waals surface area contributed by atoms with Crippen LogP contribution in [0.3, 0.4) is 0 Å². The molecule has 0 aliphatic carbocycles. The molecule has 0 unspecified atom stereocenters. The quantitative estimate of drug-likeness (QED) is 0.491. The number of anilines is 4. The molecule has 0 saturated carbocycles. The Morgan fingerprint density at radius 3 is 2.88 bits per heavy atom. The Bertz CT molecular complexity index is 1120. The van der Waals surface area contributed by atoms with E-state index in [1.165, 1.54) is 23.1 Å². The van der Waals surface area contributed by atoms with Crippen LogP contribution in [0.2, 0.25) is 0 Å². The van der Waals surface area contributed by atoms with Crippen molar-refractivity contribution >= 4 is 57.1 Å². The number of thioether (sulfide) groups is 1. The second-order valence-electron chi connectivity index (χ2n) is 7.10. The van der Waals surface area contributed by atoms with Gasteiger partial charge in [-0.3, -0.25) is 9.59 Å². The van der Waals surface area contributed by atoms with Gasteiger partial charge in [-0.2, -0.15) is 0 Å². The van der Waals surface area contributed by atoms with Gasteiger partial charge in [-0.1, -0.05) is 47.4 Å². The number of nitrogens with one attached hydrogen (secondary N) is 2. The number of nitrogens with zero attached hydrogens (tertiary/aromatic N) is 3. The van der Waals surface area contributed by atoms with E-state index in [1.807, 2.05) is 62.4 Å². The van der Waals surface area contributed by atoms with Crippen LogP contribution in [0.15, 0.2) is 52.9 Å². The summed E-state index contributed by atoms with van der Waals surface area (Å²) in [7, 11) is 0. The summed E-state index contributed by atoms with van der Waals surface area (Å²) in [6.07, 6.45) is 0.247. The highest BCUT2D eigenvalue weighted by atomic mass is 32.2. The van der Waals surface area contributed by atoms with E-state index in [9.17, 15) is 9.59 Å². The molecule has 1 aliphatic heterocycles. The fourth-order valence-corrected chi connectivity index (χ4v) is 5.07. The zero-order valence-electron chi connectivity index (χ0n) is 17.7. The van der Waals surface area contributed by atoms with Gasteiger partial charge in [0.2, 0.25) is 16.9 Å². The van der Waals surface area contributed by atoms with Gasteiger partial charge in [0.1, 0.15) is 5.75 Å². The van der Waals surface area contributed by atoms with E-state index in [0.29, 0.717) is 27.5 Å². The minimum Gasteiger partial charge on any atom is -0.492 e. The van der Waals surface area contributed by atoms with Gasteiger partial charge in [0.15, 0.2) is 4.34 Å². The number of hydrogen-bond donors (Lipinski definition) is 2. The molecule has 8 nitrogen and oxygen atoms in total. The minimum atomic E-state index is -0.242. The number of fused-ring (bicyclic) bond motifs is 1. The molecule has 1 aromatic heterocycles. The Balaban J connectivity index is 1.43. The predicted octanol–water partition coefficient (Wildman–Crippen LogP) is 4.54. The first-order chi connectivity index (χ1) is 15.5. The summed E-state index contributed by atoms with van der Waals surface area (Å²) in [5.41, 5.74) is 2.17. The molecular formula is C22H23N5O3S2. The molecule has 4 rings (SSSR count). The number of aromatic nitrogens is 2. The van der Waals surface area contributed by atoms with Crippen LogP contribution in [-0.4, -0.2) is 40.4 Å². The maximum atomic E-state index is 13.1. The topological polar surface area (TPSA) is 96.4 Å². The third-order valence-corrected chi connectivity index (χ3v) is 6.74. The zero-order chi connectivity index (χ0) is 22.5. The van der Waals surface area contributed by atoms with Gasteiger partial charge in [-0.15, -0.1) is 10.2 Å². The lowest BCUT2D eigenvalue weighted by atomic mass is 10.2.